The SMILES string of the molecule is CCC(C#N)CNCc1ccc(C)cc1. The molecule has 0 amide bonds. The van der Waals surface area contributed by atoms with Crippen LogP contribution < -0.4 is 5.32 Å². The Kier molecular flexibility index (Phi) is 4.86. The fraction of sp³-hybridized carbons (Fsp3) is 0.462. The van der Waals surface area contributed by atoms with Crippen LogP contribution in [0.5, 0.6) is 0 Å². The van der Waals surface area contributed by atoms with Crippen molar-refractivity contribution in [1.82, 2.24) is 5.32 Å². The summed E-state index contributed by atoms with van der Waals surface area (Å²) < 4.78 is 0. The highest BCUT2D eigenvalue weighted by Gasteiger charge is 2.02. The summed E-state index contributed by atoms with van der Waals surface area (Å²) in [6, 6.07) is 10.7. The molecule has 0 bridgehead atoms. The molecule has 0 aliphatic rings. The minimum Gasteiger partial charge on any atom is -0.311 e. The lowest BCUT2D eigenvalue weighted by Gasteiger charge is -2.08. The fourth-order valence-electron chi connectivity index (χ4n) is 1.38. The maximum atomic E-state index is 8.77. The van der Waals surface area contributed by atoms with Gasteiger partial charge < -0.3 is 5.32 Å². The first kappa shape index (κ1) is 11.7. The second-order valence-electron chi connectivity index (χ2n) is 3.85. The quantitative estimate of drug-likeness (QED) is 0.796. The van der Waals surface area contributed by atoms with Crippen LogP contribution in [-0.2, 0) is 6.54 Å². The first-order valence-electron chi connectivity index (χ1n) is 5.42. The molecule has 0 aliphatic heterocycles. The summed E-state index contributed by atoms with van der Waals surface area (Å²) in [6.45, 7) is 5.75. The van der Waals surface area contributed by atoms with Crippen LogP contribution in [-0.4, -0.2) is 6.54 Å². The molecule has 80 valence electrons. The molecule has 0 aromatic heterocycles. The Morgan fingerprint density at radius 1 is 1.33 bits per heavy atom. The van der Waals surface area contributed by atoms with Gasteiger partial charge in [-0.05, 0) is 18.9 Å². The summed E-state index contributed by atoms with van der Waals surface area (Å²) in [5.74, 6) is 0.135. The predicted octanol–water partition coefficient (Wildman–Crippen LogP) is 2.63. The zero-order valence-corrected chi connectivity index (χ0v) is 9.46. The second kappa shape index (κ2) is 6.21. The van der Waals surface area contributed by atoms with E-state index in [1.54, 1.807) is 0 Å². The average molecular weight is 202 g/mol. The van der Waals surface area contributed by atoms with Crippen molar-refractivity contribution in [3.05, 3.63) is 35.4 Å². The summed E-state index contributed by atoms with van der Waals surface area (Å²) >= 11 is 0. The highest BCUT2D eigenvalue weighted by Crippen LogP contribution is 2.03. The van der Waals surface area contributed by atoms with Crippen molar-refractivity contribution in [2.24, 2.45) is 5.92 Å². The predicted molar refractivity (Wildman–Crippen MR) is 62.3 cm³/mol. The first-order chi connectivity index (χ1) is 7.26. The Balaban J connectivity index is 2.32. The standard InChI is InChI=1S/C13H18N2/c1-3-12(8-14)9-15-10-13-6-4-11(2)5-7-13/h4-7,12,15H,3,9-10H2,1-2H3. The summed E-state index contributed by atoms with van der Waals surface area (Å²) in [5.41, 5.74) is 2.55. The van der Waals surface area contributed by atoms with E-state index in [2.05, 4.69) is 42.6 Å². The second-order valence-corrected chi connectivity index (χ2v) is 3.85. The van der Waals surface area contributed by atoms with E-state index in [1.165, 1.54) is 11.1 Å². The van der Waals surface area contributed by atoms with Crippen molar-refractivity contribution >= 4 is 0 Å². The third-order valence-corrected chi connectivity index (χ3v) is 2.52. The number of hydrogen-bond donors (Lipinski definition) is 1. The smallest absolute Gasteiger partial charge is 0.0669 e. The van der Waals surface area contributed by atoms with Crippen LogP contribution in [0.3, 0.4) is 0 Å². The molecule has 1 atom stereocenters. The van der Waals surface area contributed by atoms with Crippen molar-refractivity contribution in [2.45, 2.75) is 26.8 Å². The number of rotatable bonds is 5. The molecule has 0 aliphatic carbocycles. The van der Waals surface area contributed by atoms with Gasteiger partial charge >= 0.3 is 0 Å². The minimum absolute atomic E-state index is 0.135. The van der Waals surface area contributed by atoms with Gasteiger partial charge in [0.2, 0.25) is 0 Å². The highest BCUT2D eigenvalue weighted by molar-refractivity contribution is 5.21. The molecular formula is C13H18N2. The van der Waals surface area contributed by atoms with Gasteiger partial charge in [0.25, 0.3) is 0 Å². The Hall–Kier alpha value is -1.33. The van der Waals surface area contributed by atoms with E-state index in [1.807, 2.05) is 6.92 Å². The molecule has 0 heterocycles. The van der Waals surface area contributed by atoms with E-state index < -0.39 is 0 Å². The van der Waals surface area contributed by atoms with Gasteiger partial charge in [-0.2, -0.15) is 5.26 Å². The zero-order chi connectivity index (χ0) is 11.1. The molecule has 1 N–H and O–H groups in total. The summed E-state index contributed by atoms with van der Waals surface area (Å²) in [7, 11) is 0. The summed E-state index contributed by atoms with van der Waals surface area (Å²) in [6.07, 6.45) is 0.914. The molecule has 15 heavy (non-hydrogen) atoms. The molecule has 1 rings (SSSR count). The lowest BCUT2D eigenvalue weighted by molar-refractivity contribution is 0.553. The van der Waals surface area contributed by atoms with E-state index in [4.69, 9.17) is 5.26 Å². The molecule has 0 radical (unpaired) electrons. The van der Waals surface area contributed by atoms with E-state index >= 15 is 0 Å². The molecule has 0 fully saturated rings. The first-order valence-corrected chi connectivity index (χ1v) is 5.42. The molecule has 2 heteroatoms. The van der Waals surface area contributed by atoms with Crippen molar-refractivity contribution in [2.75, 3.05) is 6.54 Å². The Morgan fingerprint density at radius 3 is 2.53 bits per heavy atom. The zero-order valence-electron chi connectivity index (χ0n) is 9.46. The molecule has 1 unspecified atom stereocenters. The lowest BCUT2D eigenvalue weighted by atomic mass is 10.1. The van der Waals surface area contributed by atoms with Gasteiger partial charge in [0, 0.05) is 13.1 Å². The maximum Gasteiger partial charge on any atom is 0.0669 e. The third kappa shape index (κ3) is 4.14. The van der Waals surface area contributed by atoms with Crippen LogP contribution in [0.2, 0.25) is 0 Å². The molecular weight excluding hydrogens is 184 g/mol. The van der Waals surface area contributed by atoms with Crippen molar-refractivity contribution in [1.29, 1.82) is 5.26 Å². The van der Waals surface area contributed by atoms with E-state index in [9.17, 15) is 0 Å². The number of nitriles is 1. The number of nitrogens with one attached hydrogen (secondary N) is 1. The van der Waals surface area contributed by atoms with Crippen LogP contribution in [0.15, 0.2) is 24.3 Å². The number of hydrogen-bond acceptors (Lipinski definition) is 2. The van der Waals surface area contributed by atoms with Crippen LogP contribution >= 0.6 is 0 Å². The van der Waals surface area contributed by atoms with Gasteiger partial charge in [0.15, 0.2) is 0 Å². The molecule has 0 saturated heterocycles. The number of nitrogens with zero attached hydrogens (tertiary/aromatic N) is 1. The van der Waals surface area contributed by atoms with Crippen LogP contribution in [0.4, 0.5) is 0 Å². The average Bonchev–Trinajstić information content (AvgIpc) is 2.27. The van der Waals surface area contributed by atoms with E-state index in [0.29, 0.717) is 0 Å². The van der Waals surface area contributed by atoms with Crippen molar-refractivity contribution < 1.29 is 0 Å². The van der Waals surface area contributed by atoms with Crippen LogP contribution in [0.1, 0.15) is 24.5 Å². The topological polar surface area (TPSA) is 35.8 Å². The monoisotopic (exact) mass is 202 g/mol. The van der Waals surface area contributed by atoms with E-state index in [-0.39, 0.29) is 5.92 Å². The van der Waals surface area contributed by atoms with Gasteiger partial charge in [-0.3, -0.25) is 0 Å². The van der Waals surface area contributed by atoms with Gasteiger partial charge in [-0.15, -0.1) is 0 Å². The molecule has 0 spiro atoms. The largest absolute Gasteiger partial charge is 0.311 e. The van der Waals surface area contributed by atoms with Crippen LogP contribution in [0, 0.1) is 24.2 Å². The fourth-order valence-corrected chi connectivity index (χ4v) is 1.38. The Labute approximate surface area is 91.9 Å². The van der Waals surface area contributed by atoms with Crippen molar-refractivity contribution in [3.63, 3.8) is 0 Å². The Bertz CT molecular complexity index is 321. The third-order valence-electron chi connectivity index (χ3n) is 2.52. The van der Waals surface area contributed by atoms with Crippen molar-refractivity contribution in [3.8, 4) is 6.07 Å². The van der Waals surface area contributed by atoms with Gasteiger partial charge in [-0.1, -0.05) is 36.8 Å². The molecule has 2 nitrogen and oxygen atoms in total. The maximum absolute atomic E-state index is 8.77. The summed E-state index contributed by atoms with van der Waals surface area (Å²) in [5, 5.41) is 12.1. The van der Waals surface area contributed by atoms with Gasteiger partial charge in [-0.25, -0.2) is 0 Å². The lowest BCUT2D eigenvalue weighted by Crippen LogP contribution is -2.21. The van der Waals surface area contributed by atoms with Gasteiger partial charge in [0.1, 0.15) is 0 Å². The Morgan fingerprint density at radius 2 is 2.00 bits per heavy atom. The van der Waals surface area contributed by atoms with E-state index in [0.717, 1.165) is 19.5 Å². The number of aryl methyl sites for hydroxylation is 1. The minimum atomic E-state index is 0.135. The van der Waals surface area contributed by atoms with Gasteiger partial charge in [0.05, 0.1) is 12.0 Å². The molecule has 1 aromatic rings. The molecule has 0 saturated carbocycles. The highest BCUT2D eigenvalue weighted by atomic mass is 14.9. The number of benzene rings is 1. The summed E-state index contributed by atoms with van der Waals surface area (Å²) in [4.78, 5) is 0. The molecule has 1 aromatic carbocycles. The normalized spacial score (nSPS) is 12.1. The van der Waals surface area contributed by atoms with Crippen LogP contribution in [0.25, 0.3) is 0 Å².